The number of carbonyl (C=O) groups excluding carboxylic acids is 1. The Hall–Kier alpha value is -3.20. The fourth-order valence-corrected chi connectivity index (χ4v) is 4.04. The smallest absolute Gasteiger partial charge is 0.333 e. The van der Waals surface area contributed by atoms with E-state index in [0.717, 1.165) is 25.2 Å². The van der Waals surface area contributed by atoms with Gasteiger partial charge in [0.2, 0.25) is 5.82 Å². The quantitative estimate of drug-likeness (QED) is 0.617. The summed E-state index contributed by atoms with van der Waals surface area (Å²) in [5.41, 5.74) is 0.0763. The predicted octanol–water partition coefficient (Wildman–Crippen LogP) is 3.87. The van der Waals surface area contributed by atoms with Crippen molar-refractivity contribution in [3.8, 4) is 17.1 Å². The SMILES string of the molecule is O=C(c1nc(-c2ccccc2)n(-c2cccc(C(F)(F)F)c2)n1)N1CCN(C2CC2)CC1. The summed E-state index contributed by atoms with van der Waals surface area (Å²) in [6.07, 6.45) is -2.04. The molecule has 2 heterocycles. The van der Waals surface area contributed by atoms with Gasteiger partial charge in [0.25, 0.3) is 5.91 Å². The normalized spacial score (nSPS) is 17.5. The number of piperazine rings is 1. The Labute approximate surface area is 183 Å². The summed E-state index contributed by atoms with van der Waals surface area (Å²) >= 11 is 0. The van der Waals surface area contributed by atoms with Crippen molar-refractivity contribution >= 4 is 5.91 Å². The lowest BCUT2D eigenvalue weighted by Gasteiger charge is -2.34. The van der Waals surface area contributed by atoms with Crippen molar-refractivity contribution in [1.82, 2.24) is 24.6 Å². The third-order valence-corrected chi connectivity index (χ3v) is 5.91. The number of nitrogens with zero attached hydrogens (tertiary/aromatic N) is 5. The van der Waals surface area contributed by atoms with E-state index in [4.69, 9.17) is 0 Å². The Morgan fingerprint density at radius 2 is 1.66 bits per heavy atom. The molecule has 1 saturated heterocycles. The van der Waals surface area contributed by atoms with Crippen molar-refractivity contribution < 1.29 is 18.0 Å². The lowest BCUT2D eigenvalue weighted by atomic mass is 10.2. The lowest BCUT2D eigenvalue weighted by molar-refractivity contribution is -0.137. The van der Waals surface area contributed by atoms with Crippen LogP contribution in [0.25, 0.3) is 17.1 Å². The van der Waals surface area contributed by atoms with E-state index < -0.39 is 11.7 Å². The van der Waals surface area contributed by atoms with Gasteiger partial charge in [0.1, 0.15) is 0 Å². The third kappa shape index (κ3) is 4.12. The second-order valence-electron chi connectivity index (χ2n) is 8.14. The zero-order valence-electron chi connectivity index (χ0n) is 17.3. The summed E-state index contributed by atoms with van der Waals surface area (Å²) in [7, 11) is 0. The lowest BCUT2D eigenvalue weighted by Crippen LogP contribution is -2.49. The van der Waals surface area contributed by atoms with Crippen LogP contribution in [0.2, 0.25) is 0 Å². The second kappa shape index (κ2) is 8.05. The van der Waals surface area contributed by atoms with E-state index in [1.165, 1.54) is 29.7 Å². The summed E-state index contributed by atoms with van der Waals surface area (Å²) in [5.74, 6) is 0.00869. The van der Waals surface area contributed by atoms with Crippen LogP contribution in [0.4, 0.5) is 13.2 Å². The summed E-state index contributed by atoms with van der Waals surface area (Å²) in [4.78, 5) is 21.7. The number of hydrogen-bond acceptors (Lipinski definition) is 4. The number of halogens is 3. The standard InChI is InChI=1S/C23H22F3N5O/c24-23(25,26)17-7-4-8-19(15-17)31-21(16-5-2-1-3-6-16)27-20(28-31)22(32)30-13-11-29(12-14-30)18-9-10-18/h1-8,15,18H,9-14H2. The Morgan fingerprint density at radius 3 is 2.31 bits per heavy atom. The molecule has 32 heavy (non-hydrogen) atoms. The van der Waals surface area contributed by atoms with E-state index in [1.54, 1.807) is 29.2 Å². The van der Waals surface area contributed by atoms with Gasteiger partial charge in [-0.05, 0) is 31.0 Å². The Bertz CT molecular complexity index is 1120. The molecule has 5 rings (SSSR count). The first-order chi connectivity index (χ1) is 15.4. The molecule has 166 valence electrons. The highest BCUT2D eigenvalue weighted by Gasteiger charge is 2.34. The first-order valence-electron chi connectivity index (χ1n) is 10.6. The van der Waals surface area contributed by atoms with Crippen molar-refractivity contribution in [3.63, 3.8) is 0 Å². The van der Waals surface area contributed by atoms with Gasteiger partial charge in [0.05, 0.1) is 11.3 Å². The fraction of sp³-hybridized carbons (Fsp3) is 0.348. The highest BCUT2D eigenvalue weighted by Crippen LogP contribution is 2.31. The minimum Gasteiger partial charge on any atom is -0.333 e. The molecule has 0 spiro atoms. The molecule has 1 saturated carbocycles. The average molecular weight is 441 g/mol. The number of carbonyl (C=O) groups is 1. The molecule has 9 heteroatoms. The predicted molar refractivity (Wildman–Crippen MR) is 112 cm³/mol. The van der Waals surface area contributed by atoms with Gasteiger partial charge in [0.15, 0.2) is 5.82 Å². The molecule has 1 aliphatic carbocycles. The number of amides is 1. The highest BCUT2D eigenvalue weighted by molar-refractivity contribution is 5.91. The molecule has 3 aromatic rings. The van der Waals surface area contributed by atoms with Gasteiger partial charge in [-0.3, -0.25) is 9.69 Å². The van der Waals surface area contributed by atoms with Crippen LogP contribution >= 0.6 is 0 Å². The summed E-state index contributed by atoms with van der Waals surface area (Å²) in [5, 5.41) is 4.35. The number of rotatable bonds is 4. The maximum Gasteiger partial charge on any atom is 0.416 e. The van der Waals surface area contributed by atoms with Crippen molar-refractivity contribution in [1.29, 1.82) is 0 Å². The maximum absolute atomic E-state index is 13.3. The molecule has 0 atom stereocenters. The van der Waals surface area contributed by atoms with Crippen LogP contribution in [0.15, 0.2) is 54.6 Å². The molecule has 0 N–H and O–H groups in total. The average Bonchev–Trinajstić information content (AvgIpc) is 3.57. The van der Waals surface area contributed by atoms with Gasteiger partial charge in [-0.15, -0.1) is 5.10 Å². The summed E-state index contributed by atoms with van der Waals surface area (Å²) < 4.78 is 41.1. The number of alkyl halides is 3. The minimum atomic E-state index is -4.48. The molecule has 0 bridgehead atoms. The van der Waals surface area contributed by atoms with E-state index in [9.17, 15) is 18.0 Å². The highest BCUT2D eigenvalue weighted by atomic mass is 19.4. The van der Waals surface area contributed by atoms with Crippen LogP contribution in [-0.2, 0) is 6.18 Å². The van der Waals surface area contributed by atoms with Gasteiger partial charge >= 0.3 is 6.18 Å². The molecule has 0 radical (unpaired) electrons. The molecule has 1 aliphatic heterocycles. The maximum atomic E-state index is 13.3. The molecule has 6 nitrogen and oxygen atoms in total. The first-order valence-corrected chi connectivity index (χ1v) is 10.6. The van der Waals surface area contributed by atoms with Crippen LogP contribution in [0.5, 0.6) is 0 Å². The van der Waals surface area contributed by atoms with Gasteiger partial charge < -0.3 is 4.90 Å². The minimum absolute atomic E-state index is 0.0128. The van der Waals surface area contributed by atoms with Crippen molar-refractivity contribution in [2.45, 2.75) is 25.1 Å². The van der Waals surface area contributed by atoms with Gasteiger partial charge in [0, 0.05) is 37.8 Å². The molecule has 2 fully saturated rings. The molecule has 1 amide bonds. The Morgan fingerprint density at radius 1 is 0.938 bits per heavy atom. The van der Waals surface area contributed by atoms with E-state index in [0.29, 0.717) is 30.5 Å². The Balaban J connectivity index is 1.49. The Kier molecular flexibility index (Phi) is 5.21. The zero-order chi connectivity index (χ0) is 22.3. The number of benzene rings is 2. The van der Waals surface area contributed by atoms with E-state index in [1.807, 2.05) is 6.07 Å². The monoisotopic (exact) mass is 441 g/mol. The van der Waals surface area contributed by atoms with Crippen molar-refractivity contribution in [2.75, 3.05) is 26.2 Å². The number of aromatic nitrogens is 3. The van der Waals surface area contributed by atoms with Crippen LogP contribution in [0.3, 0.4) is 0 Å². The topological polar surface area (TPSA) is 54.3 Å². The fourth-order valence-electron chi connectivity index (χ4n) is 4.04. The largest absolute Gasteiger partial charge is 0.416 e. The summed E-state index contributed by atoms with van der Waals surface area (Å²) in [6, 6.07) is 14.5. The molecular formula is C23H22F3N5O. The molecular weight excluding hydrogens is 419 g/mol. The van der Waals surface area contributed by atoms with Crippen LogP contribution in [-0.4, -0.2) is 62.7 Å². The van der Waals surface area contributed by atoms with Gasteiger partial charge in [-0.25, -0.2) is 9.67 Å². The third-order valence-electron chi connectivity index (χ3n) is 5.91. The van der Waals surface area contributed by atoms with Gasteiger partial charge in [-0.2, -0.15) is 13.2 Å². The van der Waals surface area contributed by atoms with Crippen molar-refractivity contribution in [2.24, 2.45) is 0 Å². The zero-order valence-corrected chi connectivity index (χ0v) is 17.3. The van der Waals surface area contributed by atoms with Gasteiger partial charge in [-0.1, -0.05) is 36.4 Å². The van der Waals surface area contributed by atoms with Crippen molar-refractivity contribution in [3.05, 3.63) is 66.0 Å². The second-order valence-corrected chi connectivity index (χ2v) is 8.14. The van der Waals surface area contributed by atoms with E-state index in [2.05, 4.69) is 15.0 Å². The van der Waals surface area contributed by atoms with E-state index >= 15 is 0 Å². The van der Waals surface area contributed by atoms with Crippen LogP contribution in [0.1, 0.15) is 29.0 Å². The number of hydrogen-bond donors (Lipinski definition) is 0. The summed E-state index contributed by atoms with van der Waals surface area (Å²) in [6.45, 7) is 2.81. The molecule has 1 aromatic heterocycles. The molecule has 2 aliphatic rings. The van der Waals surface area contributed by atoms with E-state index in [-0.39, 0.29) is 17.4 Å². The first kappa shape index (κ1) is 20.7. The molecule has 2 aromatic carbocycles. The van der Waals surface area contributed by atoms with Crippen LogP contribution in [0, 0.1) is 0 Å². The molecule has 0 unspecified atom stereocenters. The van der Waals surface area contributed by atoms with Crippen LogP contribution < -0.4 is 0 Å².